The number of aliphatic hydroxyl groups is 2. The lowest BCUT2D eigenvalue weighted by Crippen LogP contribution is -2.12. The number of hydrogen-bond donors (Lipinski definition) is 2. The summed E-state index contributed by atoms with van der Waals surface area (Å²) in [5.41, 5.74) is 3.93. The van der Waals surface area contributed by atoms with Gasteiger partial charge in [0.2, 0.25) is 0 Å². The van der Waals surface area contributed by atoms with Crippen LogP contribution in [0.3, 0.4) is 0 Å². The van der Waals surface area contributed by atoms with Crippen LogP contribution in [0.4, 0.5) is 0 Å². The fraction of sp³-hybridized carbons (Fsp3) is 0.583. The van der Waals surface area contributed by atoms with E-state index in [0.717, 1.165) is 37.1 Å². The molecule has 1 saturated carbocycles. The highest BCUT2D eigenvalue weighted by Gasteiger charge is 2.31. The van der Waals surface area contributed by atoms with Crippen LogP contribution < -0.4 is 0 Å². The monoisotopic (exact) mass is 382 g/mol. The zero-order chi connectivity index (χ0) is 20.3. The Morgan fingerprint density at radius 1 is 0.857 bits per heavy atom. The summed E-state index contributed by atoms with van der Waals surface area (Å²) in [6, 6.07) is 8.07. The molecule has 4 unspecified atom stereocenters. The summed E-state index contributed by atoms with van der Waals surface area (Å²) in [5, 5.41) is 20.8. The first kappa shape index (κ1) is 20.9. The number of rotatable bonds is 9. The van der Waals surface area contributed by atoms with E-state index in [1.165, 1.54) is 11.1 Å². The van der Waals surface area contributed by atoms with Crippen molar-refractivity contribution in [1.29, 1.82) is 0 Å². The van der Waals surface area contributed by atoms with Gasteiger partial charge in [-0.25, -0.2) is 0 Å². The molecule has 0 bridgehead atoms. The first-order chi connectivity index (χ1) is 13.4. The van der Waals surface area contributed by atoms with Crippen molar-refractivity contribution in [3.05, 3.63) is 59.2 Å². The maximum absolute atomic E-state index is 10.7. The van der Waals surface area contributed by atoms with E-state index < -0.39 is 12.2 Å². The number of aliphatic hydroxyl groups excluding tert-OH is 2. The normalized spacial score (nSPS) is 18.7. The lowest BCUT2D eigenvalue weighted by atomic mass is 9.89. The van der Waals surface area contributed by atoms with Crippen LogP contribution in [0.15, 0.2) is 36.7 Å². The van der Waals surface area contributed by atoms with Gasteiger partial charge in [-0.3, -0.25) is 9.97 Å². The van der Waals surface area contributed by atoms with Gasteiger partial charge in [-0.05, 0) is 72.6 Å². The van der Waals surface area contributed by atoms with Crippen molar-refractivity contribution in [3.8, 4) is 0 Å². The van der Waals surface area contributed by atoms with E-state index in [1.807, 2.05) is 24.5 Å². The van der Waals surface area contributed by atoms with E-state index in [1.54, 1.807) is 0 Å². The van der Waals surface area contributed by atoms with Crippen molar-refractivity contribution < 1.29 is 10.2 Å². The van der Waals surface area contributed by atoms with Crippen LogP contribution in [0.5, 0.6) is 0 Å². The number of pyridine rings is 2. The number of hydrogen-bond acceptors (Lipinski definition) is 4. The lowest BCUT2D eigenvalue weighted by Gasteiger charge is -2.21. The third-order valence-electron chi connectivity index (χ3n) is 6.12. The van der Waals surface area contributed by atoms with Crippen LogP contribution in [-0.2, 0) is 0 Å². The molecule has 0 saturated heterocycles. The van der Waals surface area contributed by atoms with Crippen molar-refractivity contribution in [2.45, 2.75) is 77.4 Å². The second kappa shape index (κ2) is 9.15. The molecule has 1 aliphatic carbocycles. The Bertz CT molecular complexity index is 738. The highest BCUT2D eigenvalue weighted by molar-refractivity contribution is 5.20. The molecule has 2 heterocycles. The molecular formula is C24H34N2O2. The van der Waals surface area contributed by atoms with E-state index in [4.69, 9.17) is 0 Å². The van der Waals surface area contributed by atoms with E-state index >= 15 is 0 Å². The maximum atomic E-state index is 10.7. The summed E-state index contributed by atoms with van der Waals surface area (Å²) in [7, 11) is 0. The summed E-state index contributed by atoms with van der Waals surface area (Å²) in [5.74, 6) is 1.36. The highest BCUT2D eigenvalue weighted by Crippen LogP contribution is 2.40. The quantitative estimate of drug-likeness (QED) is 0.618. The third-order valence-corrected chi connectivity index (χ3v) is 6.12. The zero-order valence-electron chi connectivity index (χ0n) is 17.5. The predicted molar refractivity (Wildman–Crippen MR) is 112 cm³/mol. The van der Waals surface area contributed by atoms with Crippen LogP contribution in [0.1, 0.15) is 99.9 Å². The van der Waals surface area contributed by atoms with Crippen molar-refractivity contribution in [2.75, 3.05) is 0 Å². The first-order valence-electron chi connectivity index (χ1n) is 10.6. The molecule has 2 N–H and O–H groups in total. The minimum absolute atomic E-state index is 0.142. The average Bonchev–Trinajstić information content (AvgIpc) is 3.56. The van der Waals surface area contributed by atoms with Gasteiger partial charge in [0.25, 0.3) is 0 Å². The number of aromatic nitrogens is 2. The molecule has 4 atom stereocenters. The van der Waals surface area contributed by atoms with Crippen molar-refractivity contribution in [2.24, 2.45) is 11.8 Å². The Morgan fingerprint density at radius 2 is 1.46 bits per heavy atom. The Morgan fingerprint density at radius 3 is 2.00 bits per heavy atom. The van der Waals surface area contributed by atoms with Gasteiger partial charge in [0.15, 0.2) is 0 Å². The third kappa shape index (κ3) is 5.18. The van der Waals surface area contributed by atoms with Crippen molar-refractivity contribution >= 4 is 0 Å². The molecular weight excluding hydrogens is 348 g/mol. The van der Waals surface area contributed by atoms with E-state index in [0.29, 0.717) is 17.8 Å². The van der Waals surface area contributed by atoms with Crippen LogP contribution in [0.2, 0.25) is 0 Å². The Kier molecular flexibility index (Phi) is 6.84. The standard InChI is InChI=1S/C24H34N2O2/c1-15(2)19-9-11-21(25-13-19)23(27)17(4)6-5-16(3)20-10-12-22(26-14-20)24(28)18-7-8-18/h9-18,23-24,27-28H,5-8H2,1-4H3. The molecule has 4 nitrogen and oxygen atoms in total. The summed E-state index contributed by atoms with van der Waals surface area (Å²) in [6.07, 6.45) is 6.95. The van der Waals surface area contributed by atoms with E-state index in [-0.39, 0.29) is 5.92 Å². The second-order valence-corrected chi connectivity index (χ2v) is 8.87. The highest BCUT2D eigenvalue weighted by atomic mass is 16.3. The molecule has 1 aliphatic rings. The van der Waals surface area contributed by atoms with E-state index in [2.05, 4.69) is 49.8 Å². The first-order valence-corrected chi connectivity index (χ1v) is 10.6. The minimum Gasteiger partial charge on any atom is -0.387 e. The molecule has 4 heteroatoms. The van der Waals surface area contributed by atoms with Gasteiger partial charge in [0.1, 0.15) is 0 Å². The fourth-order valence-corrected chi connectivity index (χ4v) is 3.60. The summed E-state index contributed by atoms with van der Waals surface area (Å²) < 4.78 is 0. The lowest BCUT2D eigenvalue weighted by molar-refractivity contribution is 0.106. The van der Waals surface area contributed by atoms with Crippen LogP contribution in [0, 0.1) is 11.8 Å². The second-order valence-electron chi connectivity index (χ2n) is 8.87. The molecule has 2 aromatic heterocycles. The molecule has 1 fully saturated rings. The summed E-state index contributed by atoms with van der Waals surface area (Å²) in [6.45, 7) is 8.57. The Balaban J connectivity index is 1.52. The molecule has 2 aromatic rings. The molecule has 3 rings (SSSR count). The van der Waals surface area contributed by atoms with Gasteiger partial charge < -0.3 is 10.2 Å². The van der Waals surface area contributed by atoms with Crippen molar-refractivity contribution in [3.63, 3.8) is 0 Å². The van der Waals surface area contributed by atoms with Crippen LogP contribution in [-0.4, -0.2) is 20.2 Å². The fourth-order valence-electron chi connectivity index (χ4n) is 3.60. The predicted octanol–water partition coefficient (Wildman–Crippen LogP) is 5.30. The summed E-state index contributed by atoms with van der Waals surface area (Å²) >= 11 is 0. The Hall–Kier alpha value is -1.78. The molecule has 0 aromatic carbocycles. The molecule has 0 spiro atoms. The zero-order valence-corrected chi connectivity index (χ0v) is 17.5. The Labute approximate surface area is 169 Å². The molecule has 0 amide bonds. The van der Waals surface area contributed by atoms with Gasteiger partial charge in [0, 0.05) is 12.4 Å². The maximum Gasteiger partial charge on any atom is 0.0987 e. The van der Waals surface area contributed by atoms with E-state index in [9.17, 15) is 10.2 Å². The van der Waals surface area contributed by atoms with Gasteiger partial charge >= 0.3 is 0 Å². The van der Waals surface area contributed by atoms with Crippen molar-refractivity contribution in [1.82, 2.24) is 9.97 Å². The molecule has 28 heavy (non-hydrogen) atoms. The van der Waals surface area contributed by atoms with Gasteiger partial charge in [-0.1, -0.05) is 39.8 Å². The SMILES string of the molecule is CC(C)c1ccc(C(O)C(C)CCC(C)c2ccc(C(O)C3CC3)nc2)nc1. The topological polar surface area (TPSA) is 66.2 Å². The van der Waals surface area contributed by atoms with Crippen LogP contribution >= 0.6 is 0 Å². The summed E-state index contributed by atoms with van der Waals surface area (Å²) in [4.78, 5) is 8.95. The molecule has 152 valence electrons. The number of nitrogens with zero attached hydrogens (tertiary/aromatic N) is 2. The van der Waals surface area contributed by atoms with Gasteiger partial charge in [-0.2, -0.15) is 0 Å². The minimum atomic E-state index is -0.539. The van der Waals surface area contributed by atoms with Gasteiger partial charge in [0.05, 0.1) is 23.6 Å². The van der Waals surface area contributed by atoms with Gasteiger partial charge in [-0.15, -0.1) is 0 Å². The molecule has 0 aliphatic heterocycles. The largest absolute Gasteiger partial charge is 0.387 e. The molecule has 0 radical (unpaired) electrons. The van der Waals surface area contributed by atoms with Crippen LogP contribution in [0.25, 0.3) is 0 Å². The smallest absolute Gasteiger partial charge is 0.0987 e. The average molecular weight is 383 g/mol.